The molecular weight excluding hydrogens is 402 g/mol. The lowest BCUT2D eigenvalue weighted by Crippen LogP contribution is -2.55. The zero-order chi connectivity index (χ0) is 22.9. The van der Waals surface area contributed by atoms with E-state index >= 15 is 0 Å². The van der Waals surface area contributed by atoms with Crippen molar-refractivity contribution in [3.8, 4) is 6.07 Å². The SMILES string of the molecule is CNC(=O)C[C@H](CC(C)C)Nc1nc(N2CCC3(CN(C)C3)C2)nc2cc(C#N)ccc12. The number of hydrogen-bond acceptors (Lipinski definition) is 7. The summed E-state index contributed by atoms with van der Waals surface area (Å²) in [6.45, 7) is 8.42. The second kappa shape index (κ2) is 8.91. The van der Waals surface area contributed by atoms with Crippen LogP contribution in [0, 0.1) is 22.7 Å². The van der Waals surface area contributed by atoms with E-state index in [4.69, 9.17) is 9.97 Å². The topological polar surface area (TPSA) is 97.2 Å². The van der Waals surface area contributed by atoms with Crippen LogP contribution in [0.25, 0.3) is 10.9 Å². The molecule has 0 aliphatic carbocycles. The number of amides is 1. The van der Waals surface area contributed by atoms with E-state index < -0.39 is 0 Å². The summed E-state index contributed by atoms with van der Waals surface area (Å²) < 4.78 is 0. The van der Waals surface area contributed by atoms with Crippen molar-refractivity contribution in [3.05, 3.63) is 23.8 Å². The van der Waals surface area contributed by atoms with Crippen LogP contribution in [0.5, 0.6) is 0 Å². The highest BCUT2D eigenvalue weighted by molar-refractivity contribution is 5.91. The Hall–Kier alpha value is -2.92. The van der Waals surface area contributed by atoms with Crippen LogP contribution in [0.2, 0.25) is 0 Å². The number of nitrogens with zero attached hydrogens (tertiary/aromatic N) is 5. The average molecular weight is 436 g/mol. The fraction of sp³-hybridized carbons (Fsp3) is 0.583. The van der Waals surface area contributed by atoms with Gasteiger partial charge in [0.25, 0.3) is 0 Å². The molecule has 2 fully saturated rings. The van der Waals surface area contributed by atoms with Gasteiger partial charge in [-0.25, -0.2) is 4.98 Å². The molecule has 1 atom stereocenters. The van der Waals surface area contributed by atoms with Crippen LogP contribution in [-0.2, 0) is 4.79 Å². The van der Waals surface area contributed by atoms with Crippen LogP contribution in [-0.4, -0.2) is 67.1 Å². The number of fused-ring (bicyclic) bond motifs is 1. The van der Waals surface area contributed by atoms with Gasteiger partial charge in [0.2, 0.25) is 11.9 Å². The lowest BCUT2D eigenvalue weighted by Gasteiger charge is -2.46. The average Bonchev–Trinajstić information content (AvgIpc) is 3.17. The number of nitrogens with one attached hydrogen (secondary N) is 2. The number of likely N-dealkylation sites (tertiary alicyclic amines) is 1. The summed E-state index contributed by atoms with van der Waals surface area (Å²) in [7, 11) is 3.82. The minimum absolute atomic E-state index is 0.00379. The van der Waals surface area contributed by atoms with Gasteiger partial charge in [0.1, 0.15) is 5.82 Å². The van der Waals surface area contributed by atoms with Crippen LogP contribution in [0.15, 0.2) is 18.2 Å². The molecule has 1 spiro atoms. The Labute approximate surface area is 190 Å². The third kappa shape index (κ3) is 4.63. The number of carbonyl (C=O) groups is 1. The molecule has 8 nitrogen and oxygen atoms in total. The quantitative estimate of drug-likeness (QED) is 0.690. The number of hydrogen-bond donors (Lipinski definition) is 2. The molecule has 2 aliphatic rings. The number of benzene rings is 1. The van der Waals surface area contributed by atoms with Gasteiger partial charge in [-0.05, 0) is 44.0 Å². The summed E-state index contributed by atoms with van der Waals surface area (Å²) in [4.78, 5) is 26.5. The molecule has 170 valence electrons. The molecule has 1 aromatic carbocycles. The summed E-state index contributed by atoms with van der Waals surface area (Å²) in [6, 6.07) is 7.69. The zero-order valence-electron chi connectivity index (χ0n) is 19.5. The van der Waals surface area contributed by atoms with Crippen molar-refractivity contribution in [2.45, 2.75) is 39.2 Å². The molecule has 3 heterocycles. The Morgan fingerprint density at radius 1 is 1.28 bits per heavy atom. The Morgan fingerprint density at radius 3 is 2.72 bits per heavy atom. The Balaban J connectivity index is 1.68. The summed E-state index contributed by atoms with van der Waals surface area (Å²) in [5, 5.41) is 16.5. The third-order valence-corrected chi connectivity index (χ3v) is 6.55. The fourth-order valence-corrected chi connectivity index (χ4v) is 5.18. The minimum atomic E-state index is -0.0401. The second-order valence-corrected chi connectivity index (χ2v) is 9.91. The van der Waals surface area contributed by atoms with Gasteiger partial charge in [-0.3, -0.25) is 4.79 Å². The van der Waals surface area contributed by atoms with Gasteiger partial charge in [-0.1, -0.05) is 13.8 Å². The lowest BCUT2D eigenvalue weighted by molar-refractivity contribution is -0.120. The molecule has 0 bridgehead atoms. The Kier molecular flexibility index (Phi) is 6.20. The lowest BCUT2D eigenvalue weighted by atomic mass is 9.79. The number of rotatable bonds is 7. The first-order valence-electron chi connectivity index (χ1n) is 11.4. The van der Waals surface area contributed by atoms with Crippen molar-refractivity contribution >= 4 is 28.6 Å². The zero-order valence-corrected chi connectivity index (χ0v) is 19.5. The van der Waals surface area contributed by atoms with Gasteiger partial charge < -0.3 is 20.4 Å². The normalized spacial score (nSPS) is 18.6. The van der Waals surface area contributed by atoms with Gasteiger partial charge in [0, 0.05) is 56.5 Å². The highest BCUT2D eigenvalue weighted by atomic mass is 16.1. The molecule has 0 radical (unpaired) electrons. The number of anilines is 2. The van der Waals surface area contributed by atoms with E-state index in [0.717, 1.165) is 55.7 Å². The first-order chi connectivity index (χ1) is 15.3. The largest absolute Gasteiger partial charge is 0.366 e. The molecule has 0 unspecified atom stereocenters. The molecule has 1 aromatic heterocycles. The molecule has 2 N–H and O–H groups in total. The molecular formula is C24H33N7O. The monoisotopic (exact) mass is 435 g/mol. The summed E-state index contributed by atoms with van der Waals surface area (Å²) in [6.07, 6.45) is 2.38. The van der Waals surface area contributed by atoms with Gasteiger partial charge in [0.05, 0.1) is 17.1 Å². The van der Waals surface area contributed by atoms with Crippen molar-refractivity contribution in [1.29, 1.82) is 5.26 Å². The molecule has 1 amide bonds. The van der Waals surface area contributed by atoms with Gasteiger partial charge in [-0.15, -0.1) is 0 Å². The van der Waals surface area contributed by atoms with Crippen molar-refractivity contribution in [2.75, 3.05) is 50.5 Å². The summed E-state index contributed by atoms with van der Waals surface area (Å²) >= 11 is 0. The van der Waals surface area contributed by atoms with Crippen LogP contribution >= 0.6 is 0 Å². The highest BCUT2D eigenvalue weighted by Gasteiger charge is 2.46. The minimum Gasteiger partial charge on any atom is -0.366 e. The first-order valence-corrected chi connectivity index (χ1v) is 11.4. The van der Waals surface area contributed by atoms with E-state index in [-0.39, 0.29) is 11.9 Å². The van der Waals surface area contributed by atoms with Crippen LogP contribution < -0.4 is 15.5 Å². The maximum Gasteiger partial charge on any atom is 0.227 e. The highest BCUT2D eigenvalue weighted by Crippen LogP contribution is 2.40. The van der Waals surface area contributed by atoms with Gasteiger partial charge in [-0.2, -0.15) is 10.2 Å². The molecule has 2 saturated heterocycles. The van der Waals surface area contributed by atoms with Crippen molar-refractivity contribution in [2.24, 2.45) is 11.3 Å². The maximum absolute atomic E-state index is 12.1. The van der Waals surface area contributed by atoms with Crippen LogP contribution in [0.4, 0.5) is 11.8 Å². The van der Waals surface area contributed by atoms with Crippen molar-refractivity contribution < 1.29 is 4.79 Å². The van der Waals surface area contributed by atoms with E-state index in [1.54, 1.807) is 13.1 Å². The maximum atomic E-state index is 12.1. The second-order valence-electron chi connectivity index (χ2n) is 9.91. The fourth-order valence-electron chi connectivity index (χ4n) is 5.18. The molecule has 2 aromatic rings. The molecule has 4 rings (SSSR count). The van der Waals surface area contributed by atoms with Crippen molar-refractivity contribution in [3.63, 3.8) is 0 Å². The molecule has 8 heteroatoms. The third-order valence-electron chi connectivity index (χ3n) is 6.55. The summed E-state index contributed by atoms with van der Waals surface area (Å²) in [5.41, 5.74) is 1.68. The molecule has 32 heavy (non-hydrogen) atoms. The van der Waals surface area contributed by atoms with Crippen LogP contribution in [0.1, 0.15) is 38.7 Å². The van der Waals surface area contributed by atoms with E-state index in [2.05, 4.69) is 47.4 Å². The molecule has 2 aliphatic heterocycles. The number of nitriles is 1. The smallest absolute Gasteiger partial charge is 0.227 e. The predicted molar refractivity (Wildman–Crippen MR) is 127 cm³/mol. The van der Waals surface area contributed by atoms with E-state index in [0.29, 0.717) is 29.3 Å². The van der Waals surface area contributed by atoms with E-state index in [1.807, 2.05) is 12.1 Å². The Bertz CT molecular complexity index is 1040. The van der Waals surface area contributed by atoms with Crippen molar-refractivity contribution in [1.82, 2.24) is 20.2 Å². The van der Waals surface area contributed by atoms with Gasteiger partial charge in [0.15, 0.2) is 0 Å². The van der Waals surface area contributed by atoms with Crippen LogP contribution in [0.3, 0.4) is 0 Å². The van der Waals surface area contributed by atoms with Gasteiger partial charge >= 0.3 is 0 Å². The van der Waals surface area contributed by atoms with E-state index in [9.17, 15) is 10.1 Å². The van der Waals surface area contributed by atoms with E-state index in [1.165, 1.54) is 0 Å². The standard InChI is InChI=1S/C24H33N7O/c1-16(2)9-18(11-21(32)26-3)27-22-19-6-5-17(12-25)10-20(19)28-23(29-22)31-8-7-24(15-31)13-30(4)14-24/h5-6,10,16,18H,7-9,11,13-15H2,1-4H3,(H,26,32)(H,27,28,29)/t18-/m0/s1. The number of aromatic nitrogens is 2. The Morgan fingerprint density at radius 2 is 2.06 bits per heavy atom. The molecule has 0 saturated carbocycles. The summed E-state index contributed by atoms with van der Waals surface area (Å²) in [5.74, 6) is 1.87. The number of carbonyl (C=O) groups excluding carboxylic acids is 1. The predicted octanol–water partition coefficient (Wildman–Crippen LogP) is 2.61. The first kappa shape index (κ1) is 22.3.